The van der Waals surface area contributed by atoms with Crippen LogP contribution in [0.2, 0.25) is 0 Å². The molecule has 0 spiro atoms. The summed E-state index contributed by atoms with van der Waals surface area (Å²) >= 11 is 1.08. The molecule has 0 atom stereocenters. The second-order valence-electron chi connectivity index (χ2n) is 6.72. The summed E-state index contributed by atoms with van der Waals surface area (Å²) in [6.45, 7) is 3.69. The summed E-state index contributed by atoms with van der Waals surface area (Å²) in [7, 11) is 0. The highest BCUT2D eigenvalue weighted by molar-refractivity contribution is 7.09. The number of halogens is 3. The lowest BCUT2D eigenvalue weighted by Crippen LogP contribution is -2.46. The number of fused-ring (bicyclic) bond motifs is 1. The normalized spacial score (nSPS) is 18.8. The van der Waals surface area contributed by atoms with Crippen molar-refractivity contribution in [1.29, 1.82) is 0 Å². The van der Waals surface area contributed by atoms with Gasteiger partial charge in [0.1, 0.15) is 17.2 Å². The number of nitrogens with zero attached hydrogens (tertiary/aromatic N) is 5. The summed E-state index contributed by atoms with van der Waals surface area (Å²) in [5.41, 5.74) is 1.66. The summed E-state index contributed by atoms with van der Waals surface area (Å²) < 4.78 is 38.0. The Bertz CT molecular complexity index is 768. The zero-order valence-electron chi connectivity index (χ0n) is 14.3. The molecule has 140 valence electrons. The van der Waals surface area contributed by atoms with Crippen molar-refractivity contribution in [3.63, 3.8) is 0 Å². The lowest BCUT2D eigenvalue weighted by atomic mass is 9.96. The standard InChI is InChI=1S/C17H20F3N5S/c18-17(19,20)14-10-26-15(23-14)9-24-5-7-25(8-6-24)16-12-3-1-2-4-13(12)21-11-22-16/h10-11H,1-9H2. The maximum atomic E-state index is 12.7. The van der Waals surface area contributed by atoms with Crippen LogP contribution in [0.5, 0.6) is 0 Å². The summed E-state index contributed by atoms with van der Waals surface area (Å²) in [5.74, 6) is 1.04. The van der Waals surface area contributed by atoms with E-state index in [4.69, 9.17) is 0 Å². The molecule has 5 nitrogen and oxygen atoms in total. The topological polar surface area (TPSA) is 45.2 Å². The molecule has 3 heterocycles. The molecular weight excluding hydrogens is 363 g/mol. The molecule has 2 aromatic heterocycles. The van der Waals surface area contributed by atoms with Crippen molar-refractivity contribution in [1.82, 2.24) is 19.9 Å². The van der Waals surface area contributed by atoms with Crippen molar-refractivity contribution in [2.24, 2.45) is 0 Å². The van der Waals surface area contributed by atoms with Gasteiger partial charge in [-0.05, 0) is 25.7 Å². The number of alkyl halides is 3. The summed E-state index contributed by atoms with van der Waals surface area (Å²) in [4.78, 5) is 17.1. The van der Waals surface area contributed by atoms with Crippen LogP contribution in [-0.2, 0) is 25.6 Å². The van der Waals surface area contributed by atoms with Crippen LogP contribution in [0.15, 0.2) is 11.7 Å². The van der Waals surface area contributed by atoms with Gasteiger partial charge in [-0.1, -0.05) is 0 Å². The van der Waals surface area contributed by atoms with Crippen molar-refractivity contribution in [2.45, 2.75) is 38.4 Å². The molecular formula is C17H20F3N5S. The minimum absolute atomic E-state index is 0.469. The number of thiazole rings is 1. The number of hydrogen-bond donors (Lipinski definition) is 0. The van der Waals surface area contributed by atoms with E-state index in [2.05, 4.69) is 24.8 Å². The van der Waals surface area contributed by atoms with Crippen LogP contribution >= 0.6 is 11.3 Å². The number of hydrogen-bond acceptors (Lipinski definition) is 6. The zero-order valence-corrected chi connectivity index (χ0v) is 15.1. The molecule has 26 heavy (non-hydrogen) atoms. The van der Waals surface area contributed by atoms with E-state index in [-0.39, 0.29) is 0 Å². The van der Waals surface area contributed by atoms with Gasteiger partial charge in [-0.15, -0.1) is 11.3 Å². The summed E-state index contributed by atoms with van der Waals surface area (Å²) in [6.07, 6.45) is 1.71. The predicted molar refractivity (Wildman–Crippen MR) is 93.3 cm³/mol. The van der Waals surface area contributed by atoms with Gasteiger partial charge in [0, 0.05) is 42.8 Å². The Morgan fingerprint density at radius 2 is 1.81 bits per heavy atom. The Kier molecular flexibility index (Phi) is 4.83. The molecule has 0 radical (unpaired) electrons. The molecule has 1 fully saturated rings. The fraction of sp³-hybridized carbons (Fsp3) is 0.588. The molecule has 0 saturated carbocycles. The number of aromatic nitrogens is 3. The first kappa shape index (κ1) is 17.7. The number of aryl methyl sites for hydroxylation is 1. The Morgan fingerprint density at radius 3 is 2.54 bits per heavy atom. The average Bonchev–Trinajstić information content (AvgIpc) is 3.11. The molecule has 0 N–H and O–H groups in total. The SMILES string of the molecule is FC(F)(F)c1csc(CN2CCN(c3ncnc4c3CCCC4)CC2)n1. The molecule has 0 aromatic carbocycles. The molecule has 1 saturated heterocycles. The first-order chi connectivity index (χ1) is 12.5. The Morgan fingerprint density at radius 1 is 1.04 bits per heavy atom. The lowest BCUT2D eigenvalue weighted by molar-refractivity contribution is -0.140. The van der Waals surface area contributed by atoms with Gasteiger partial charge in [0.25, 0.3) is 0 Å². The second kappa shape index (κ2) is 7.11. The first-order valence-electron chi connectivity index (χ1n) is 8.82. The van der Waals surface area contributed by atoms with Crippen LogP contribution in [0.1, 0.15) is 34.8 Å². The number of piperazine rings is 1. The van der Waals surface area contributed by atoms with Crippen LogP contribution < -0.4 is 4.90 Å². The molecule has 9 heteroatoms. The average molecular weight is 383 g/mol. The van der Waals surface area contributed by atoms with E-state index in [1.165, 1.54) is 24.1 Å². The highest BCUT2D eigenvalue weighted by atomic mass is 32.1. The Hall–Kier alpha value is -1.74. The van der Waals surface area contributed by atoms with E-state index in [0.717, 1.165) is 61.6 Å². The molecule has 2 aliphatic rings. The molecule has 1 aliphatic heterocycles. The van der Waals surface area contributed by atoms with Crippen molar-refractivity contribution in [3.05, 3.63) is 33.7 Å². The van der Waals surface area contributed by atoms with E-state index in [1.54, 1.807) is 6.33 Å². The quantitative estimate of drug-likeness (QED) is 0.815. The summed E-state index contributed by atoms with van der Waals surface area (Å²) in [6, 6.07) is 0. The van der Waals surface area contributed by atoms with Crippen LogP contribution in [0.4, 0.5) is 19.0 Å². The smallest absolute Gasteiger partial charge is 0.354 e. The molecule has 0 amide bonds. The lowest BCUT2D eigenvalue weighted by Gasteiger charge is -2.36. The minimum atomic E-state index is -4.36. The fourth-order valence-corrected chi connectivity index (χ4v) is 4.44. The van der Waals surface area contributed by atoms with Gasteiger partial charge in [-0.2, -0.15) is 13.2 Å². The van der Waals surface area contributed by atoms with Crippen molar-refractivity contribution in [3.8, 4) is 0 Å². The van der Waals surface area contributed by atoms with Gasteiger partial charge in [0.05, 0.1) is 6.54 Å². The highest BCUT2D eigenvalue weighted by Gasteiger charge is 2.34. The van der Waals surface area contributed by atoms with E-state index in [9.17, 15) is 13.2 Å². The molecule has 0 bridgehead atoms. The van der Waals surface area contributed by atoms with Gasteiger partial charge >= 0.3 is 6.18 Å². The van der Waals surface area contributed by atoms with Crippen molar-refractivity contribution in [2.75, 3.05) is 31.1 Å². The molecule has 0 unspecified atom stereocenters. The Labute approximate surface area is 153 Å². The largest absolute Gasteiger partial charge is 0.434 e. The monoisotopic (exact) mass is 383 g/mol. The third kappa shape index (κ3) is 3.68. The van der Waals surface area contributed by atoms with Gasteiger partial charge < -0.3 is 4.90 Å². The van der Waals surface area contributed by atoms with Crippen LogP contribution in [0.3, 0.4) is 0 Å². The van der Waals surface area contributed by atoms with Gasteiger partial charge in [0.2, 0.25) is 0 Å². The minimum Gasteiger partial charge on any atom is -0.354 e. The molecule has 1 aliphatic carbocycles. The number of rotatable bonds is 3. The van der Waals surface area contributed by atoms with Gasteiger partial charge in [-0.3, -0.25) is 4.90 Å². The van der Waals surface area contributed by atoms with Gasteiger partial charge in [0.15, 0.2) is 5.69 Å². The first-order valence-corrected chi connectivity index (χ1v) is 9.70. The van der Waals surface area contributed by atoms with E-state index >= 15 is 0 Å². The second-order valence-corrected chi connectivity index (χ2v) is 7.66. The predicted octanol–water partition coefficient (Wildman–Crippen LogP) is 3.15. The highest BCUT2D eigenvalue weighted by Crippen LogP contribution is 2.31. The van der Waals surface area contributed by atoms with Crippen molar-refractivity contribution < 1.29 is 13.2 Å². The zero-order chi connectivity index (χ0) is 18.1. The maximum Gasteiger partial charge on any atom is 0.434 e. The Balaban J connectivity index is 1.38. The van der Waals surface area contributed by atoms with E-state index in [0.29, 0.717) is 11.6 Å². The van der Waals surface area contributed by atoms with Gasteiger partial charge in [-0.25, -0.2) is 15.0 Å². The van der Waals surface area contributed by atoms with Crippen LogP contribution in [0, 0.1) is 0 Å². The summed E-state index contributed by atoms with van der Waals surface area (Å²) in [5, 5.41) is 1.61. The third-order valence-corrected chi connectivity index (χ3v) is 5.81. The maximum absolute atomic E-state index is 12.7. The van der Waals surface area contributed by atoms with E-state index < -0.39 is 11.9 Å². The number of anilines is 1. The van der Waals surface area contributed by atoms with Crippen LogP contribution in [0.25, 0.3) is 0 Å². The molecule has 2 aromatic rings. The molecule has 4 rings (SSSR count). The fourth-order valence-electron chi connectivity index (χ4n) is 3.60. The third-order valence-electron chi connectivity index (χ3n) is 4.98. The van der Waals surface area contributed by atoms with Crippen LogP contribution in [-0.4, -0.2) is 46.0 Å². The van der Waals surface area contributed by atoms with E-state index in [1.807, 2.05) is 0 Å². The van der Waals surface area contributed by atoms with Crippen molar-refractivity contribution >= 4 is 17.2 Å².